The normalized spacial score (nSPS) is 17.6. The Morgan fingerprint density at radius 3 is 2.67 bits per heavy atom. The highest BCUT2D eigenvalue weighted by Gasteiger charge is 2.22. The van der Waals surface area contributed by atoms with Crippen LogP contribution in [-0.4, -0.2) is 13.2 Å². The van der Waals surface area contributed by atoms with E-state index in [4.69, 9.17) is 15.7 Å². The minimum Gasteiger partial charge on any atom is -0.381 e. The first-order valence-corrected chi connectivity index (χ1v) is 5.75. The van der Waals surface area contributed by atoms with Crippen LogP contribution in [0.25, 0.3) is 0 Å². The van der Waals surface area contributed by atoms with Crippen molar-refractivity contribution in [1.82, 2.24) is 0 Å². The lowest BCUT2D eigenvalue weighted by atomic mass is 9.87. The van der Waals surface area contributed by atoms with E-state index in [1.165, 1.54) is 6.07 Å². The van der Waals surface area contributed by atoms with Gasteiger partial charge in [-0.1, -0.05) is 6.07 Å². The molecule has 2 N–H and O–H groups in total. The maximum atomic E-state index is 13.2. The molecule has 3 nitrogen and oxygen atoms in total. The molecule has 1 aliphatic rings. The Balaban J connectivity index is 0.00000162. The van der Waals surface area contributed by atoms with E-state index < -0.39 is 5.82 Å². The van der Waals surface area contributed by atoms with E-state index in [2.05, 4.69) is 0 Å². The Morgan fingerprint density at radius 1 is 1.39 bits per heavy atom. The summed E-state index contributed by atoms with van der Waals surface area (Å²) >= 11 is 0. The number of benzene rings is 1. The molecule has 1 atom stereocenters. The van der Waals surface area contributed by atoms with E-state index in [1.807, 2.05) is 6.07 Å². The lowest BCUT2D eigenvalue weighted by Crippen LogP contribution is -2.27. The average molecular weight is 271 g/mol. The monoisotopic (exact) mass is 270 g/mol. The minimum absolute atomic E-state index is 0. The number of nitrogens with zero attached hydrogens (tertiary/aromatic N) is 1. The Kier molecular flexibility index (Phi) is 5.54. The van der Waals surface area contributed by atoms with Gasteiger partial charge in [-0.05, 0) is 36.5 Å². The molecule has 0 aliphatic carbocycles. The summed E-state index contributed by atoms with van der Waals surface area (Å²) in [6.07, 6.45) is 1.83. The number of hydrogen-bond donors (Lipinski definition) is 1. The lowest BCUT2D eigenvalue weighted by molar-refractivity contribution is 0.0583. The van der Waals surface area contributed by atoms with E-state index in [9.17, 15) is 4.39 Å². The predicted molar refractivity (Wildman–Crippen MR) is 68.8 cm³/mol. The number of nitrogens with two attached hydrogens (primary N) is 1. The molecule has 0 amide bonds. The van der Waals surface area contributed by atoms with Crippen molar-refractivity contribution in [3.05, 3.63) is 35.1 Å². The molecule has 1 saturated heterocycles. The van der Waals surface area contributed by atoms with Crippen LogP contribution < -0.4 is 5.73 Å². The molecule has 0 aromatic heterocycles. The fraction of sp³-hybridized carbons (Fsp3) is 0.462. The van der Waals surface area contributed by atoms with Gasteiger partial charge in [0.2, 0.25) is 0 Å². The maximum absolute atomic E-state index is 13.2. The first kappa shape index (κ1) is 14.9. The number of ether oxygens (including phenoxy) is 1. The highest BCUT2D eigenvalue weighted by molar-refractivity contribution is 5.85. The molecule has 1 aromatic carbocycles. The zero-order valence-electron chi connectivity index (χ0n) is 9.93. The Hall–Kier alpha value is -1.15. The van der Waals surface area contributed by atoms with Crippen molar-refractivity contribution in [2.75, 3.05) is 13.2 Å². The number of rotatable bonds is 2. The molecule has 0 saturated carbocycles. The second-order valence-electron chi connectivity index (χ2n) is 4.33. The third kappa shape index (κ3) is 3.20. The summed E-state index contributed by atoms with van der Waals surface area (Å²) in [6.45, 7) is 1.45. The SMILES string of the molecule is Cl.N#Cc1cc([C@@H](N)C2CCOCC2)ccc1F. The third-order valence-corrected chi connectivity index (χ3v) is 3.27. The van der Waals surface area contributed by atoms with Crippen molar-refractivity contribution >= 4 is 12.4 Å². The van der Waals surface area contributed by atoms with Crippen LogP contribution in [0.5, 0.6) is 0 Å². The molecule has 1 fully saturated rings. The van der Waals surface area contributed by atoms with Gasteiger partial charge in [0.25, 0.3) is 0 Å². The molecule has 1 heterocycles. The predicted octanol–water partition coefficient (Wildman–Crippen LogP) is 2.55. The second kappa shape index (κ2) is 6.69. The fourth-order valence-corrected chi connectivity index (χ4v) is 2.18. The van der Waals surface area contributed by atoms with Gasteiger partial charge in [-0.2, -0.15) is 5.26 Å². The van der Waals surface area contributed by atoms with Gasteiger partial charge in [-0.25, -0.2) is 4.39 Å². The van der Waals surface area contributed by atoms with Gasteiger partial charge in [0.1, 0.15) is 11.9 Å². The van der Waals surface area contributed by atoms with Crippen LogP contribution in [0.4, 0.5) is 4.39 Å². The molecule has 1 aromatic rings. The van der Waals surface area contributed by atoms with Crippen molar-refractivity contribution in [2.24, 2.45) is 11.7 Å². The molecular formula is C13H16ClFN2O. The fourth-order valence-electron chi connectivity index (χ4n) is 2.18. The van der Waals surface area contributed by atoms with Gasteiger partial charge < -0.3 is 10.5 Å². The highest BCUT2D eigenvalue weighted by atomic mass is 35.5. The van der Waals surface area contributed by atoms with Gasteiger partial charge in [0.15, 0.2) is 0 Å². The topological polar surface area (TPSA) is 59.0 Å². The lowest BCUT2D eigenvalue weighted by Gasteiger charge is -2.27. The number of hydrogen-bond acceptors (Lipinski definition) is 3. The first-order chi connectivity index (χ1) is 8.22. The molecular weight excluding hydrogens is 255 g/mol. The van der Waals surface area contributed by atoms with Crippen LogP contribution in [0.15, 0.2) is 18.2 Å². The zero-order chi connectivity index (χ0) is 12.3. The minimum atomic E-state index is -0.490. The Bertz CT molecular complexity index is 441. The zero-order valence-corrected chi connectivity index (χ0v) is 10.8. The summed E-state index contributed by atoms with van der Waals surface area (Å²) in [5.41, 5.74) is 7.04. The summed E-state index contributed by atoms with van der Waals surface area (Å²) in [4.78, 5) is 0. The molecule has 0 radical (unpaired) electrons. The standard InChI is InChI=1S/C13H15FN2O.ClH/c14-12-2-1-10(7-11(12)8-15)13(16)9-3-5-17-6-4-9;/h1-2,7,9,13H,3-6,16H2;1H/t13-;/m0./s1. The summed E-state index contributed by atoms with van der Waals surface area (Å²) in [5, 5.41) is 8.78. The largest absolute Gasteiger partial charge is 0.381 e. The van der Waals surface area contributed by atoms with Crippen molar-refractivity contribution in [3.63, 3.8) is 0 Å². The maximum Gasteiger partial charge on any atom is 0.140 e. The van der Waals surface area contributed by atoms with E-state index in [0.717, 1.165) is 31.6 Å². The molecule has 18 heavy (non-hydrogen) atoms. The summed E-state index contributed by atoms with van der Waals surface area (Å²) in [6, 6.07) is 6.22. The molecule has 0 spiro atoms. The molecule has 0 unspecified atom stereocenters. The molecule has 0 bridgehead atoms. The molecule has 98 valence electrons. The van der Waals surface area contributed by atoms with Gasteiger partial charge in [-0.15, -0.1) is 12.4 Å². The molecule has 1 aliphatic heterocycles. The van der Waals surface area contributed by atoms with Crippen LogP contribution in [0.3, 0.4) is 0 Å². The van der Waals surface area contributed by atoms with E-state index in [0.29, 0.717) is 5.92 Å². The summed E-state index contributed by atoms with van der Waals surface area (Å²) < 4.78 is 18.5. The molecule has 2 rings (SSSR count). The van der Waals surface area contributed by atoms with Crippen LogP contribution in [0.2, 0.25) is 0 Å². The smallest absolute Gasteiger partial charge is 0.140 e. The first-order valence-electron chi connectivity index (χ1n) is 5.75. The van der Waals surface area contributed by atoms with Crippen LogP contribution in [-0.2, 0) is 4.74 Å². The van der Waals surface area contributed by atoms with Crippen molar-refractivity contribution in [1.29, 1.82) is 5.26 Å². The average Bonchev–Trinajstić information content (AvgIpc) is 2.39. The third-order valence-electron chi connectivity index (χ3n) is 3.27. The second-order valence-corrected chi connectivity index (χ2v) is 4.33. The highest BCUT2D eigenvalue weighted by Crippen LogP contribution is 2.28. The van der Waals surface area contributed by atoms with Crippen LogP contribution >= 0.6 is 12.4 Å². The summed E-state index contributed by atoms with van der Waals surface area (Å²) in [7, 11) is 0. The van der Waals surface area contributed by atoms with Crippen LogP contribution in [0, 0.1) is 23.1 Å². The van der Waals surface area contributed by atoms with Gasteiger partial charge in [-0.3, -0.25) is 0 Å². The summed E-state index contributed by atoms with van der Waals surface area (Å²) in [5.74, 6) is -0.142. The number of halogens is 2. The van der Waals surface area contributed by atoms with Crippen LogP contribution in [0.1, 0.15) is 30.0 Å². The van der Waals surface area contributed by atoms with Crippen molar-refractivity contribution in [2.45, 2.75) is 18.9 Å². The Labute approximate surface area is 112 Å². The molecule has 5 heteroatoms. The van der Waals surface area contributed by atoms with Crippen molar-refractivity contribution < 1.29 is 9.13 Å². The van der Waals surface area contributed by atoms with Gasteiger partial charge in [0.05, 0.1) is 5.56 Å². The van der Waals surface area contributed by atoms with Crippen molar-refractivity contribution in [3.8, 4) is 6.07 Å². The van der Waals surface area contributed by atoms with E-state index in [1.54, 1.807) is 12.1 Å². The quantitative estimate of drug-likeness (QED) is 0.898. The van der Waals surface area contributed by atoms with Gasteiger partial charge in [0, 0.05) is 19.3 Å². The Morgan fingerprint density at radius 2 is 2.06 bits per heavy atom. The van der Waals surface area contributed by atoms with Gasteiger partial charge >= 0.3 is 0 Å². The van der Waals surface area contributed by atoms with E-state index in [-0.39, 0.29) is 24.0 Å². The number of nitriles is 1. The van der Waals surface area contributed by atoms with E-state index >= 15 is 0 Å².